The number of likely N-dealkylation sites (tertiary alicyclic amines) is 1. The van der Waals surface area contributed by atoms with Gasteiger partial charge in [0.25, 0.3) is 5.69 Å². The quantitative estimate of drug-likeness (QED) is 0.473. The van der Waals surface area contributed by atoms with Gasteiger partial charge >= 0.3 is 5.97 Å². The number of non-ortho nitro benzene ring substituents is 1. The van der Waals surface area contributed by atoms with E-state index in [1.54, 1.807) is 24.0 Å². The Morgan fingerprint density at radius 1 is 1.28 bits per heavy atom. The van der Waals surface area contributed by atoms with E-state index in [2.05, 4.69) is 0 Å². The summed E-state index contributed by atoms with van der Waals surface area (Å²) < 4.78 is 0. The lowest BCUT2D eigenvalue weighted by Gasteiger charge is -2.20. The van der Waals surface area contributed by atoms with E-state index in [1.807, 2.05) is 0 Å². The topological polar surface area (TPSA) is 101 Å². The summed E-state index contributed by atoms with van der Waals surface area (Å²) in [6.07, 6.45) is 2.12. The maximum Gasteiger partial charge on any atom is 0.308 e. The van der Waals surface area contributed by atoms with E-state index in [4.69, 9.17) is 0 Å². The second kappa shape index (κ2) is 7.03. The fourth-order valence-electron chi connectivity index (χ4n) is 3.43. The van der Waals surface area contributed by atoms with Crippen molar-refractivity contribution in [1.82, 2.24) is 4.90 Å². The van der Waals surface area contributed by atoms with Crippen LogP contribution in [0.25, 0.3) is 0 Å². The highest BCUT2D eigenvalue weighted by atomic mass is 32.2. The maximum absolute atomic E-state index is 12.7. The fraction of sp³-hybridized carbons (Fsp3) is 0.529. The Morgan fingerprint density at radius 2 is 1.92 bits per heavy atom. The average molecular weight is 364 g/mol. The van der Waals surface area contributed by atoms with E-state index in [0.717, 1.165) is 17.7 Å². The summed E-state index contributed by atoms with van der Waals surface area (Å²) >= 11 is 1.33. The molecule has 3 atom stereocenters. The van der Waals surface area contributed by atoms with Crippen LogP contribution < -0.4 is 0 Å². The zero-order valence-corrected chi connectivity index (χ0v) is 14.6. The van der Waals surface area contributed by atoms with Crippen LogP contribution >= 0.6 is 11.8 Å². The van der Waals surface area contributed by atoms with Gasteiger partial charge in [0.1, 0.15) is 0 Å². The highest BCUT2D eigenvalue weighted by molar-refractivity contribution is 8.00. The summed E-state index contributed by atoms with van der Waals surface area (Å²) in [6.45, 7) is 2.58. The summed E-state index contributed by atoms with van der Waals surface area (Å²) in [4.78, 5) is 36.8. The molecule has 2 aliphatic rings. The summed E-state index contributed by atoms with van der Waals surface area (Å²) in [6, 6.07) is 6.09. The van der Waals surface area contributed by atoms with Gasteiger partial charge in [-0.3, -0.25) is 19.7 Å². The van der Waals surface area contributed by atoms with Gasteiger partial charge in [0, 0.05) is 30.1 Å². The number of carbonyl (C=O) groups excluding carboxylic acids is 1. The molecule has 2 fully saturated rings. The highest BCUT2D eigenvalue weighted by Crippen LogP contribution is 2.44. The van der Waals surface area contributed by atoms with E-state index in [9.17, 15) is 24.8 Å². The Hall–Kier alpha value is -2.09. The smallest absolute Gasteiger partial charge is 0.308 e. The number of benzene rings is 1. The van der Waals surface area contributed by atoms with Crippen molar-refractivity contribution in [2.45, 2.75) is 29.9 Å². The van der Waals surface area contributed by atoms with Gasteiger partial charge in [0.15, 0.2) is 0 Å². The molecular weight excluding hydrogens is 344 g/mol. The molecule has 1 saturated carbocycles. The van der Waals surface area contributed by atoms with Crippen molar-refractivity contribution in [3.8, 4) is 0 Å². The van der Waals surface area contributed by atoms with Crippen molar-refractivity contribution in [2.75, 3.05) is 13.1 Å². The Balaban J connectivity index is 1.62. The lowest BCUT2D eigenvalue weighted by molar-refractivity contribution is -0.384. The first-order valence-electron chi connectivity index (χ1n) is 8.29. The van der Waals surface area contributed by atoms with Gasteiger partial charge in [0.2, 0.25) is 5.91 Å². The van der Waals surface area contributed by atoms with Crippen LogP contribution in [0.15, 0.2) is 29.2 Å². The van der Waals surface area contributed by atoms with Crippen LogP contribution in [-0.4, -0.2) is 45.1 Å². The summed E-state index contributed by atoms with van der Waals surface area (Å²) in [5.41, 5.74) is 0.0134. The minimum absolute atomic E-state index is 0.0134. The number of carboxylic acid groups (broad SMARTS) is 1. The van der Waals surface area contributed by atoms with E-state index in [0.29, 0.717) is 12.5 Å². The van der Waals surface area contributed by atoms with Crippen molar-refractivity contribution < 1.29 is 19.6 Å². The normalized spacial score (nSPS) is 24.1. The Morgan fingerprint density at radius 3 is 2.44 bits per heavy atom. The Labute approximate surface area is 149 Å². The molecule has 3 rings (SSSR count). The van der Waals surface area contributed by atoms with Gasteiger partial charge < -0.3 is 10.0 Å². The third-order valence-electron chi connectivity index (χ3n) is 4.93. The SMILES string of the molecule is CC(Sc1ccc([N+](=O)[O-])cc1)C(=O)N1C[C@H](C(=O)O)[C@@H](C2CC2)C1. The van der Waals surface area contributed by atoms with Crippen LogP contribution in [0.1, 0.15) is 19.8 Å². The number of thioether (sulfide) groups is 1. The predicted molar refractivity (Wildman–Crippen MR) is 92.3 cm³/mol. The number of aliphatic carboxylic acids is 1. The van der Waals surface area contributed by atoms with E-state index < -0.39 is 16.8 Å². The molecule has 1 unspecified atom stereocenters. The largest absolute Gasteiger partial charge is 0.481 e. The number of amides is 1. The first-order valence-corrected chi connectivity index (χ1v) is 9.17. The number of nitro benzene ring substituents is 1. The monoisotopic (exact) mass is 364 g/mol. The minimum atomic E-state index is -0.817. The summed E-state index contributed by atoms with van der Waals surface area (Å²) in [5.74, 6) is -0.844. The van der Waals surface area contributed by atoms with Crippen LogP contribution in [0, 0.1) is 27.9 Å². The van der Waals surface area contributed by atoms with Gasteiger partial charge in [-0.2, -0.15) is 0 Å². The predicted octanol–water partition coefficient (Wildman–Crippen LogP) is 2.64. The molecule has 1 aliphatic heterocycles. The van der Waals surface area contributed by atoms with Crippen molar-refractivity contribution in [1.29, 1.82) is 0 Å². The molecule has 1 aliphatic carbocycles. The van der Waals surface area contributed by atoms with Crippen molar-refractivity contribution >= 4 is 29.3 Å². The van der Waals surface area contributed by atoms with Crippen LogP contribution in [0.3, 0.4) is 0 Å². The lowest BCUT2D eigenvalue weighted by atomic mass is 9.92. The fourth-order valence-corrected chi connectivity index (χ4v) is 4.38. The van der Waals surface area contributed by atoms with Crippen molar-refractivity contribution in [3.05, 3.63) is 34.4 Å². The zero-order chi connectivity index (χ0) is 18.1. The molecule has 1 amide bonds. The molecule has 1 N–H and O–H groups in total. The maximum atomic E-state index is 12.7. The molecule has 25 heavy (non-hydrogen) atoms. The van der Waals surface area contributed by atoms with Gasteiger partial charge in [-0.1, -0.05) is 0 Å². The molecular formula is C17H20N2O5S. The Kier molecular flexibility index (Phi) is 4.99. The Bertz CT molecular complexity index is 689. The van der Waals surface area contributed by atoms with Gasteiger partial charge in [-0.15, -0.1) is 11.8 Å². The molecule has 1 aromatic rings. The van der Waals surface area contributed by atoms with Gasteiger partial charge in [-0.05, 0) is 43.7 Å². The second-order valence-electron chi connectivity index (χ2n) is 6.70. The number of rotatable bonds is 6. The lowest BCUT2D eigenvalue weighted by Crippen LogP contribution is -2.35. The molecule has 1 heterocycles. The van der Waals surface area contributed by atoms with Crippen LogP contribution in [0.5, 0.6) is 0 Å². The van der Waals surface area contributed by atoms with E-state index in [-0.39, 0.29) is 29.3 Å². The second-order valence-corrected chi connectivity index (χ2v) is 8.11. The molecule has 0 bridgehead atoms. The zero-order valence-electron chi connectivity index (χ0n) is 13.8. The summed E-state index contributed by atoms with van der Waals surface area (Å²) in [5, 5.41) is 19.7. The van der Waals surface area contributed by atoms with Gasteiger partial charge in [0.05, 0.1) is 16.1 Å². The number of nitro groups is 1. The summed E-state index contributed by atoms with van der Waals surface area (Å²) in [7, 11) is 0. The van der Waals surface area contributed by atoms with E-state index >= 15 is 0 Å². The van der Waals surface area contributed by atoms with Crippen LogP contribution in [0.4, 0.5) is 5.69 Å². The van der Waals surface area contributed by atoms with Crippen LogP contribution in [-0.2, 0) is 9.59 Å². The number of nitrogens with zero attached hydrogens (tertiary/aromatic N) is 2. The molecule has 0 radical (unpaired) electrons. The molecule has 1 saturated heterocycles. The highest BCUT2D eigenvalue weighted by Gasteiger charge is 2.47. The number of hydrogen-bond donors (Lipinski definition) is 1. The van der Waals surface area contributed by atoms with E-state index in [1.165, 1.54) is 23.9 Å². The molecule has 0 spiro atoms. The molecule has 7 nitrogen and oxygen atoms in total. The third kappa shape index (κ3) is 3.95. The first kappa shape index (κ1) is 17.7. The van der Waals surface area contributed by atoms with Gasteiger partial charge in [-0.25, -0.2) is 0 Å². The molecule has 8 heteroatoms. The van der Waals surface area contributed by atoms with Crippen LogP contribution in [0.2, 0.25) is 0 Å². The third-order valence-corrected chi connectivity index (χ3v) is 6.03. The number of hydrogen-bond acceptors (Lipinski definition) is 5. The molecule has 1 aromatic carbocycles. The number of carbonyl (C=O) groups is 2. The molecule has 134 valence electrons. The first-order chi connectivity index (χ1) is 11.9. The van der Waals surface area contributed by atoms with Crippen molar-refractivity contribution in [2.24, 2.45) is 17.8 Å². The standard InChI is InChI=1S/C17H20N2O5S/c1-10(25-13-6-4-12(5-7-13)19(23)24)16(20)18-8-14(11-2-3-11)15(9-18)17(21)22/h4-7,10-11,14-15H,2-3,8-9H2,1H3,(H,21,22)/t10?,14-,15+/m1/s1. The molecule has 0 aromatic heterocycles. The average Bonchev–Trinajstić information content (AvgIpc) is 3.32. The number of carboxylic acids is 1. The minimum Gasteiger partial charge on any atom is -0.481 e. The van der Waals surface area contributed by atoms with Crippen molar-refractivity contribution in [3.63, 3.8) is 0 Å².